The summed E-state index contributed by atoms with van der Waals surface area (Å²) in [6, 6.07) is 8.65. The lowest BCUT2D eigenvalue weighted by molar-refractivity contribution is -0.137. The number of pyridine rings is 1. The van der Waals surface area contributed by atoms with Gasteiger partial charge in [0.1, 0.15) is 0 Å². The van der Waals surface area contributed by atoms with Crippen LogP contribution in [0, 0.1) is 0 Å². The highest BCUT2D eigenvalue weighted by Gasteiger charge is 2.46. The molecule has 0 radical (unpaired) electrons. The van der Waals surface area contributed by atoms with Crippen molar-refractivity contribution in [3.05, 3.63) is 58.9 Å². The average molecular weight is 424 g/mol. The standard InChI is InChI=1S/C21H21ClF3N3O/c22-16-3-1-14(2-4-16)20(6-7-20)10-19(29)27-17-5-8-28(13-17)18-9-15(11-26-12-18)21(23,24)25/h1-4,9,11-12,17H,5-8,10,13H2,(H,27,29)/t17-/m1/s1. The lowest BCUT2D eigenvalue weighted by Crippen LogP contribution is -2.38. The maximum atomic E-state index is 12.9. The summed E-state index contributed by atoms with van der Waals surface area (Å²) in [5, 5.41) is 3.72. The molecular formula is C21H21ClF3N3O. The van der Waals surface area contributed by atoms with Gasteiger partial charge in [-0.05, 0) is 43.0 Å². The van der Waals surface area contributed by atoms with Gasteiger partial charge in [-0.3, -0.25) is 9.78 Å². The fourth-order valence-corrected chi connectivity index (χ4v) is 4.10. The molecule has 0 bridgehead atoms. The number of rotatable bonds is 5. The monoisotopic (exact) mass is 423 g/mol. The van der Waals surface area contributed by atoms with Crippen LogP contribution in [0.25, 0.3) is 0 Å². The highest BCUT2D eigenvalue weighted by atomic mass is 35.5. The number of halogens is 4. The van der Waals surface area contributed by atoms with E-state index in [1.54, 1.807) is 0 Å². The Morgan fingerprint density at radius 3 is 2.62 bits per heavy atom. The van der Waals surface area contributed by atoms with Crippen LogP contribution in [-0.4, -0.2) is 30.0 Å². The van der Waals surface area contributed by atoms with E-state index >= 15 is 0 Å². The molecule has 2 heterocycles. The maximum absolute atomic E-state index is 12.9. The van der Waals surface area contributed by atoms with Crippen molar-refractivity contribution in [2.24, 2.45) is 0 Å². The Morgan fingerprint density at radius 1 is 1.24 bits per heavy atom. The Labute approximate surface area is 172 Å². The molecule has 154 valence electrons. The van der Waals surface area contributed by atoms with Gasteiger partial charge in [0.05, 0.1) is 17.4 Å². The highest BCUT2D eigenvalue weighted by Crippen LogP contribution is 2.51. The van der Waals surface area contributed by atoms with Crippen molar-refractivity contribution in [1.29, 1.82) is 0 Å². The van der Waals surface area contributed by atoms with E-state index in [-0.39, 0.29) is 17.4 Å². The predicted octanol–water partition coefficient (Wildman–Crippen LogP) is 4.57. The second-order valence-corrected chi connectivity index (χ2v) is 8.33. The van der Waals surface area contributed by atoms with Crippen LogP contribution >= 0.6 is 11.6 Å². The second kappa shape index (κ2) is 7.52. The zero-order chi connectivity index (χ0) is 20.6. The van der Waals surface area contributed by atoms with Crippen LogP contribution in [0.1, 0.15) is 36.8 Å². The molecule has 4 rings (SSSR count). The van der Waals surface area contributed by atoms with E-state index in [4.69, 9.17) is 11.6 Å². The highest BCUT2D eigenvalue weighted by molar-refractivity contribution is 6.30. The summed E-state index contributed by atoms with van der Waals surface area (Å²) < 4.78 is 38.7. The van der Waals surface area contributed by atoms with Crippen molar-refractivity contribution >= 4 is 23.2 Å². The van der Waals surface area contributed by atoms with Gasteiger partial charge in [-0.15, -0.1) is 0 Å². The van der Waals surface area contributed by atoms with Gasteiger partial charge in [0.15, 0.2) is 0 Å². The molecule has 1 aromatic carbocycles. The van der Waals surface area contributed by atoms with E-state index in [9.17, 15) is 18.0 Å². The molecule has 0 spiro atoms. The van der Waals surface area contributed by atoms with E-state index in [2.05, 4.69) is 10.3 Å². The second-order valence-electron chi connectivity index (χ2n) is 7.89. The van der Waals surface area contributed by atoms with E-state index in [1.165, 1.54) is 6.20 Å². The Hall–Kier alpha value is -2.28. The topological polar surface area (TPSA) is 45.2 Å². The van der Waals surface area contributed by atoms with Crippen molar-refractivity contribution in [2.45, 2.75) is 43.3 Å². The summed E-state index contributed by atoms with van der Waals surface area (Å²) in [5.74, 6) is -0.0218. The Kier molecular flexibility index (Phi) is 5.19. The van der Waals surface area contributed by atoms with E-state index < -0.39 is 11.7 Å². The number of nitrogens with zero attached hydrogens (tertiary/aromatic N) is 2. The van der Waals surface area contributed by atoms with Gasteiger partial charge >= 0.3 is 6.18 Å². The SMILES string of the molecule is O=C(CC1(c2ccc(Cl)cc2)CC1)N[C@@H]1CCN(c2cncc(C(F)(F)F)c2)C1. The fraction of sp³-hybridized carbons (Fsp3) is 0.429. The summed E-state index contributed by atoms with van der Waals surface area (Å²) in [5.41, 5.74) is 0.676. The van der Waals surface area contributed by atoms with Gasteiger partial charge in [0.2, 0.25) is 5.91 Å². The molecule has 1 aliphatic carbocycles. The summed E-state index contributed by atoms with van der Waals surface area (Å²) in [6.07, 6.45) is 0.871. The normalized spacial score (nSPS) is 20.6. The summed E-state index contributed by atoms with van der Waals surface area (Å²) in [6.45, 7) is 1.05. The Bertz CT molecular complexity index is 897. The Morgan fingerprint density at radius 2 is 1.97 bits per heavy atom. The molecule has 1 aromatic heterocycles. The van der Waals surface area contributed by atoms with Crippen molar-refractivity contribution in [1.82, 2.24) is 10.3 Å². The minimum Gasteiger partial charge on any atom is -0.368 e. The molecule has 1 saturated heterocycles. The number of alkyl halides is 3. The number of benzene rings is 1. The van der Waals surface area contributed by atoms with Crippen LogP contribution in [0.2, 0.25) is 5.02 Å². The largest absolute Gasteiger partial charge is 0.417 e. The lowest BCUT2D eigenvalue weighted by Gasteiger charge is -2.21. The third kappa shape index (κ3) is 4.50. The van der Waals surface area contributed by atoms with Crippen LogP contribution in [0.3, 0.4) is 0 Å². The van der Waals surface area contributed by atoms with Gasteiger partial charge in [-0.25, -0.2) is 0 Å². The molecule has 1 saturated carbocycles. The van der Waals surface area contributed by atoms with E-state index in [0.29, 0.717) is 36.6 Å². The molecular weight excluding hydrogens is 403 g/mol. The number of nitrogens with one attached hydrogen (secondary N) is 1. The molecule has 29 heavy (non-hydrogen) atoms. The van der Waals surface area contributed by atoms with Gasteiger partial charge in [-0.1, -0.05) is 23.7 Å². The van der Waals surface area contributed by atoms with Gasteiger partial charge in [-0.2, -0.15) is 13.2 Å². The van der Waals surface area contributed by atoms with Crippen LogP contribution in [0.5, 0.6) is 0 Å². The summed E-state index contributed by atoms with van der Waals surface area (Å²) in [4.78, 5) is 18.2. The maximum Gasteiger partial charge on any atom is 0.417 e. The van der Waals surface area contributed by atoms with Crippen LogP contribution in [0.15, 0.2) is 42.7 Å². The average Bonchev–Trinajstić information content (AvgIpc) is 3.30. The summed E-state index contributed by atoms with van der Waals surface area (Å²) in [7, 11) is 0. The zero-order valence-corrected chi connectivity index (χ0v) is 16.4. The Balaban J connectivity index is 1.35. The molecule has 1 atom stereocenters. The first-order chi connectivity index (χ1) is 13.7. The number of hydrogen-bond donors (Lipinski definition) is 1. The van der Waals surface area contributed by atoms with E-state index in [1.807, 2.05) is 29.2 Å². The van der Waals surface area contributed by atoms with Gasteiger partial charge < -0.3 is 10.2 Å². The van der Waals surface area contributed by atoms with Crippen LogP contribution in [0.4, 0.5) is 18.9 Å². The van der Waals surface area contributed by atoms with Crippen LogP contribution < -0.4 is 10.2 Å². The number of anilines is 1. The number of hydrogen-bond acceptors (Lipinski definition) is 3. The minimum atomic E-state index is -4.42. The molecule has 2 fully saturated rings. The number of amides is 1. The van der Waals surface area contributed by atoms with Crippen molar-refractivity contribution < 1.29 is 18.0 Å². The first kappa shape index (κ1) is 20.0. The van der Waals surface area contributed by atoms with Gasteiger partial charge in [0.25, 0.3) is 0 Å². The molecule has 0 unspecified atom stereocenters. The molecule has 1 N–H and O–H groups in total. The fourth-order valence-electron chi connectivity index (χ4n) is 3.98. The predicted molar refractivity (Wildman–Crippen MR) is 105 cm³/mol. The molecule has 8 heteroatoms. The number of carbonyl (C=O) groups excluding carboxylic acids is 1. The molecule has 1 amide bonds. The lowest BCUT2D eigenvalue weighted by atomic mass is 9.92. The molecule has 4 nitrogen and oxygen atoms in total. The third-order valence-electron chi connectivity index (χ3n) is 5.78. The minimum absolute atomic E-state index is 0.0218. The number of aromatic nitrogens is 1. The van der Waals surface area contributed by atoms with Gasteiger partial charge in [0, 0.05) is 42.2 Å². The number of carbonyl (C=O) groups is 1. The van der Waals surface area contributed by atoms with Crippen molar-refractivity contribution in [3.8, 4) is 0 Å². The first-order valence-electron chi connectivity index (χ1n) is 9.58. The first-order valence-corrected chi connectivity index (χ1v) is 9.96. The smallest absolute Gasteiger partial charge is 0.368 e. The third-order valence-corrected chi connectivity index (χ3v) is 6.03. The summed E-state index contributed by atoms with van der Waals surface area (Å²) >= 11 is 5.95. The van der Waals surface area contributed by atoms with E-state index in [0.717, 1.165) is 30.7 Å². The molecule has 2 aliphatic rings. The zero-order valence-electron chi connectivity index (χ0n) is 15.7. The molecule has 2 aromatic rings. The quantitative estimate of drug-likeness (QED) is 0.766. The van der Waals surface area contributed by atoms with Crippen molar-refractivity contribution in [2.75, 3.05) is 18.0 Å². The van der Waals surface area contributed by atoms with Crippen molar-refractivity contribution in [3.63, 3.8) is 0 Å². The van der Waals surface area contributed by atoms with Crippen LogP contribution in [-0.2, 0) is 16.4 Å². The molecule has 1 aliphatic heterocycles.